The quantitative estimate of drug-likeness (QED) is 0.126. The Labute approximate surface area is 292 Å². The lowest BCUT2D eigenvalue weighted by molar-refractivity contribution is 1.18. The molecule has 0 bridgehead atoms. The molecule has 50 heavy (non-hydrogen) atoms. The standard InChI is InChI=1S/C49H35N/c1-3-34(43-18-11-15-37-14-7-8-16-44(37)43)30-41-32-38(21-20-33(41)2)39-24-28-45-40(31-39)25-29-48-49(45)46-17-9-10-19-47(46)50(48)42-26-22-36(23-27-42)35-12-5-4-6-13-35/h3-32H,1H2,2H3/b34-30+. The Morgan fingerprint density at radius 3 is 2.02 bits per heavy atom. The first kappa shape index (κ1) is 29.7. The second kappa shape index (κ2) is 12.2. The van der Waals surface area contributed by atoms with Crippen LogP contribution < -0.4 is 0 Å². The minimum atomic E-state index is 1.12. The van der Waals surface area contributed by atoms with Crippen molar-refractivity contribution in [1.82, 2.24) is 4.57 Å². The normalized spacial score (nSPS) is 11.9. The molecule has 9 aromatic rings. The molecule has 0 saturated carbocycles. The van der Waals surface area contributed by atoms with Crippen molar-refractivity contribution in [3.8, 4) is 27.9 Å². The fourth-order valence-corrected chi connectivity index (χ4v) is 7.56. The topological polar surface area (TPSA) is 4.93 Å². The van der Waals surface area contributed by atoms with E-state index in [1.165, 1.54) is 82.3 Å². The first-order valence-electron chi connectivity index (χ1n) is 17.2. The van der Waals surface area contributed by atoms with Crippen LogP contribution in [0.15, 0.2) is 183 Å². The van der Waals surface area contributed by atoms with Crippen molar-refractivity contribution in [1.29, 1.82) is 0 Å². The number of fused-ring (bicyclic) bond motifs is 6. The summed E-state index contributed by atoms with van der Waals surface area (Å²) < 4.78 is 2.40. The first-order valence-corrected chi connectivity index (χ1v) is 17.2. The van der Waals surface area contributed by atoms with Crippen LogP contribution >= 0.6 is 0 Å². The molecule has 0 saturated heterocycles. The minimum absolute atomic E-state index is 1.12. The van der Waals surface area contributed by atoms with Crippen LogP contribution in [0.4, 0.5) is 0 Å². The number of allylic oxidation sites excluding steroid dienone is 2. The summed E-state index contributed by atoms with van der Waals surface area (Å²) in [5.74, 6) is 0. The van der Waals surface area contributed by atoms with Crippen molar-refractivity contribution in [2.75, 3.05) is 0 Å². The highest BCUT2D eigenvalue weighted by Gasteiger charge is 2.15. The van der Waals surface area contributed by atoms with Crippen molar-refractivity contribution < 1.29 is 0 Å². The van der Waals surface area contributed by atoms with Crippen LogP contribution in [0.25, 0.3) is 82.9 Å². The van der Waals surface area contributed by atoms with Gasteiger partial charge in [0.1, 0.15) is 0 Å². The van der Waals surface area contributed by atoms with Gasteiger partial charge in [-0.1, -0.05) is 146 Å². The number of hydrogen-bond donors (Lipinski definition) is 0. The van der Waals surface area contributed by atoms with E-state index in [9.17, 15) is 0 Å². The Kier molecular flexibility index (Phi) is 7.25. The summed E-state index contributed by atoms with van der Waals surface area (Å²) in [6, 6.07) is 61.6. The highest BCUT2D eigenvalue weighted by molar-refractivity contribution is 6.21. The van der Waals surface area contributed by atoms with Crippen LogP contribution in [-0.2, 0) is 0 Å². The molecule has 0 aliphatic heterocycles. The third kappa shape index (κ3) is 5.03. The summed E-state index contributed by atoms with van der Waals surface area (Å²) in [6.45, 7) is 6.38. The van der Waals surface area contributed by atoms with E-state index in [4.69, 9.17) is 0 Å². The third-order valence-corrected chi connectivity index (χ3v) is 10.1. The molecule has 1 heterocycles. The van der Waals surface area contributed by atoms with Gasteiger partial charge in [-0.15, -0.1) is 0 Å². The molecule has 0 fully saturated rings. The molecule has 9 rings (SSSR count). The van der Waals surface area contributed by atoms with E-state index >= 15 is 0 Å². The van der Waals surface area contributed by atoms with E-state index in [2.05, 4.69) is 194 Å². The largest absolute Gasteiger partial charge is 0.309 e. The lowest BCUT2D eigenvalue weighted by Crippen LogP contribution is -1.93. The van der Waals surface area contributed by atoms with Gasteiger partial charge in [-0.3, -0.25) is 0 Å². The molecule has 0 N–H and O–H groups in total. The minimum Gasteiger partial charge on any atom is -0.309 e. The molecule has 236 valence electrons. The highest BCUT2D eigenvalue weighted by atomic mass is 15.0. The Bertz CT molecular complexity index is 2750. The maximum atomic E-state index is 4.20. The van der Waals surface area contributed by atoms with Gasteiger partial charge < -0.3 is 4.57 Å². The Hall–Kier alpha value is -6.44. The SMILES string of the molecule is C=C/C(=C\c1cc(-c2ccc3c(ccc4c3c3ccccc3n4-c3ccc(-c4ccccc4)cc3)c2)ccc1C)c1cccc2ccccc12. The zero-order chi connectivity index (χ0) is 33.6. The number of hydrogen-bond acceptors (Lipinski definition) is 0. The fraction of sp³-hybridized carbons (Fsp3) is 0.0204. The van der Waals surface area contributed by atoms with Crippen molar-refractivity contribution >= 4 is 55.0 Å². The van der Waals surface area contributed by atoms with Crippen LogP contribution in [0.3, 0.4) is 0 Å². The van der Waals surface area contributed by atoms with Gasteiger partial charge in [0.05, 0.1) is 11.0 Å². The van der Waals surface area contributed by atoms with Gasteiger partial charge in [0.25, 0.3) is 0 Å². The third-order valence-electron chi connectivity index (χ3n) is 10.1. The summed E-state index contributed by atoms with van der Waals surface area (Å²) >= 11 is 0. The Morgan fingerprint density at radius 1 is 0.500 bits per heavy atom. The summed E-state index contributed by atoms with van der Waals surface area (Å²) in [7, 11) is 0. The van der Waals surface area contributed by atoms with Crippen molar-refractivity contribution in [2.45, 2.75) is 6.92 Å². The molecule has 0 amide bonds. The van der Waals surface area contributed by atoms with Gasteiger partial charge in [-0.25, -0.2) is 0 Å². The molecule has 0 aliphatic carbocycles. The number of nitrogens with zero attached hydrogens (tertiary/aromatic N) is 1. The molecule has 1 heteroatoms. The summed E-state index contributed by atoms with van der Waals surface area (Å²) in [5, 5.41) is 7.52. The van der Waals surface area contributed by atoms with Crippen molar-refractivity contribution in [3.05, 3.63) is 199 Å². The van der Waals surface area contributed by atoms with Gasteiger partial charge in [0.15, 0.2) is 0 Å². The number of benzene rings is 8. The molecule has 0 atom stereocenters. The number of para-hydroxylation sites is 1. The van der Waals surface area contributed by atoms with E-state index in [1.54, 1.807) is 0 Å². The maximum Gasteiger partial charge on any atom is 0.0547 e. The van der Waals surface area contributed by atoms with E-state index in [0.717, 1.165) is 11.3 Å². The van der Waals surface area contributed by atoms with Crippen LogP contribution in [0.5, 0.6) is 0 Å². The van der Waals surface area contributed by atoms with Crippen molar-refractivity contribution in [2.24, 2.45) is 0 Å². The lowest BCUT2D eigenvalue weighted by Gasteiger charge is -2.12. The van der Waals surface area contributed by atoms with Gasteiger partial charge in [-0.2, -0.15) is 0 Å². The van der Waals surface area contributed by atoms with Crippen LogP contribution in [0.1, 0.15) is 16.7 Å². The molecule has 0 spiro atoms. The molecule has 0 radical (unpaired) electrons. The lowest BCUT2D eigenvalue weighted by atomic mass is 9.93. The molecule has 1 nitrogen and oxygen atoms in total. The maximum absolute atomic E-state index is 4.20. The summed E-state index contributed by atoms with van der Waals surface area (Å²) in [4.78, 5) is 0. The average molecular weight is 638 g/mol. The van der Waals surface area contributed by atoms with Crippen molar-refractivity contribution in [3.63, 3.8) is 0 Å². The fourth-order valence-electron chi connectivity index (χ4n) is 7.56. The molecule has 8 aromatic carbocycles. The number of aromatic nitrogens is 1. The molecule has 0 unspecified atom stereocenters. The van der Waals surface area contributed by atoms with E-state index in [0.29, 0.717) is 0 Å². The highest BCUT2D eigenvalue weighted by Crippen LogP contribution is 2.39. The first-order chi connectivity index (χ1) is 24.7. The van der Waals surface area contributed by atoms with Crippen LogP contribution in [0, 0.1) is 6.92 Å². The summed E-state index contributed by atoms with van der Waals surface area (Å²) in [5.41, 5.74) is 13.2. The number of rotatable bonds is 6. The summed E-state index contributed by atoms with van der Waals surface area (Å²) in [6.07, 6.45) is 4.25. The van der Waals surface area contributed by atoms with Gasteiger partial charge in [0, 0.05) is 16.5 Å². The molecular weight excluding hydrogens is 603 g/mol. The second-order valence-electron chi connectivity index (χ2n) is 13.1. The van der Waals surface area contributed by atoms with E-state index in [-0.39, 0.29) is 0 Å². The van der Waals surface area contributed by atoms with Gasteiger partial charge in [-0.05, 0) is 115 Å². The predicted octanol–water partition coefficient (Wildman–Crippen LogP) is 13.5. The number of aryl methyl sites for hydroxylation is 1. The second-order valence-corrected chi connectivity index (χ2v) is 13.1. The average Bonchev–Trinajstić information content (AvgIpc) is 3.52. The van der Waals surface area contributed by atoms with Crippen LogP contribution in [-0.4, -0.2) is 4.57 Å². The zero-order valence-electron chi connectivity index (χ0n) is 28.0. The smallest absolute Gasteiger partial charge is 0.0547 e. The Balaban J connectivity index is 1.14. The molecular formula is C49H35N. The Morgan fingerprint density at radius 2 is 1.18 bits per heavy atom. The van der Waals surface area contributed by atoms with E-state index in [1.807, 2.05) is 6.08 Å². The van der Waals surface area contributed by atoms with E-state index < -0.39 is 0 Å². The molecule has 1 aromatic heterocycles. The molecule has 0 aliphatic rings. The monoisotopic (exact) mass is 637 g/mol. The van der Waals surface area contributed by atoms with Crippen LogP contribution in [0.2, 0.25) is 0 Å². The zero-order valence-corrected chi connectivity index (χ0v) is 28.0. The van der Waals surface area contributed by atoms with Gasteiger partial charge in [0.2, 0.25) is 0 Å². The van der Waals surface area contributed by atoms with Gasteiger partial charge >= 0.3 is 0 Å². The predicted molar refractivity (Wildman–Crippen MR) is 216 cm³/mol.